The average Bonchev–Trinajstić information content (AvgIpc) is 2.47. The molecule has 1 saturated heterocycles. The van der Waals surface area contributed by atoms with Gasteiger partial charge in [0.2, 0.25) is 0 Å². The van der Waals surface area contributed by atoms with Crippen molar-refractivity contribution in [2.45, 2.75) is 12.5 Å². The molecule has 1 unspecified atom stereocenters. The zero-order valence-electron chi connectivity index (χ0n) is 11.2. The number of morpholine rings is 1. The number of ether oxygens (including phenoxy) is 2. The average molecular weight is 264 g/mol. The van der Waals surface area contributed by atoms with Crippen LogP contribution in [-0.4, -0.2) is 50.3 Å². The van der Waals surface area contributed by atoms with Crippen molar-refractivity contribution >= 4 is 5.91 Å². The van der Waals surface area contributed by atoms with Gasteiger partial charge in [0.05, 0.1) is 19.8 Å². The molecule has 1 aromatic carbocycles. The third-order valence-electron chi connectivity index (χ3n) is 3.25. The maximum Gasteiger partial charge on any atom is 0.254 e. The van der Waals surface area contributed by atoms with Crippen LogP contribution in [0.1, 0.15) is 16.8 Å². The van der Waals surface area contributed by atoms with Crippen LogP contribution in [0.25, 0.3) is 0 Å². The van der Waals surface area contributed by atoms with E-state index in [1.54, 1.807) is 31.4 Å². The van der Waals surface area contributed by atoms with Crippen LogP contribution in [0.4, 0.5) is 0 Å². The van der Waals surface area contributed by atoms with Crippen LogP contribution < -0.4 is 10.5 Å². The summed E-state index contributed by atoms with van der Waals surface area (Å²) in [6.07, 6.45) is 0.841. The lowest BCUT2D eigenvalue weighted by molar-refractivity contribution is -0.0236. The van der Waals surface area contributed by atoms with Crippen molar-refractivity contribution in [1.29, 1.82) is 0 Å². The molecule has 1 heterocycles. The molecule has 2 rings (SSSR count). The van der Waals surface area contributed by atoms with Gasteiger partial charge in [0.1, 0.15) is 5.75 Å². The van der Waals surface area contributed by atoms with E-state index in [9.17, 15) is 4.79 Å². The Kier molecular flexibility index (Phi) is 4.76. The Balaban J connectivity index is 2.01. The van der Waals surface area contributed by atoms with Crippen molar-refractivity contribution in [2.24, 2.45) is 5.73 Å². The van der Waals surface area contributed by atoms with Crippen LogP contribution >= 0.6 is 0 Å². The predicted octanol–water partition coefficient (Wildman–Crippen LogP) is 0.885. The highest BCUT2D eigenvalue weighted by molar-refractivity contribution is 5.94. The Hall–Kier alpha value is -1.59. The molecule has 1 amide bonds. The van der Waals surface area contributed by atoms with E-state index in [0.29, 0.717) is 31.8 Å². The van der Waals surface area contributed by atoms with Crippen molar-refractivity contribution in [3.05, 3.63) is 29.8 Å². The fourth-order valence-electron chi connectivity index (χ4n) is 2.18. The third kappa shape index (κ3) is 3.45. The summed E-state index contributed by atoms with van der Waals surface area (Å²) in [5.41, 5.74) is 6.20. The number of amides is 1. The maximum atomic E-state index is 12.3. The largest absolute Gasteiger partial charge is 0.497 e. The molecule has 5 nitrogen and oxygen atoms in total. The zero-order chi connectivity index (χ0) is 13.7. The van der Waals surface area contributed by atoms with Gasteiger partial charge in [-0.3, -0.25) is 4.79 Å². The van der Waals surface area contributed by atoms with Gasteiger partial charge in [-0.2, -0.15) is 0 Å². The van der Waals surface area contributed by atoms with E-state index < -0.39 is 0 Å². The third-order valence-corrected chi connectivity index (χ3v) is 3.25. The molecule has 5 heteroatoms. The molecule has 1 aliphatic rings. The smallest absolute Gasteiger partial charge is 0.254 e. The molecule has 0 bridgehead atoms. The van der Waals surface area contributed by atoms with Gasteiger partial charge in [-0.05, 0) is 37.2 Å². The summed E-state index contributed by atoms with van der Waals surface area (Å²) in [4.78, 5) is 14.2. The van der Waals surface area contributed by atoms with Crippen molar-refractivity contribution < 1.29 is 14.3 Å². The lowest BCUT2D eigenvalue weighted by atomic mass is 10.1. The Morgan fingerprint density at radius 1 is 1.47 bits per heavy atom. The highest BCUT2D eigenvalue weighted by atomic mass is 16.5. The number of benzene rings is 1. The first kappa shape index (κ1) is 13.8. The van der Waals surface area contributed by atoms with E-state index in [4.69, 9.17) is 15.2 Å². The van der Waals surface area contributed by atoms with Gasteiger partial charge < -0.3 is 20.1 Å². The monoisotopic (exact) mass is 264 g/mol. The number of hydrogen-bond acceptors (Lipinski definition) is 4. The minimum atomic E-state index is 0.0352. The molecule has 0 aliphatic carbocycles. The number of hydrogen-bond donors (Lipinski definition) is 1. The van der Waals surface area contributed by atoms with Crippen molar-refractivity contribution in [2.75, 3.05) is 33.4 Å². The van der Waals surface area contributed by atoms with E-state index in [1.807, 2.05) is 4.90 Å². The predicted molar refractivity (Wildman–Crippen MR) is 72.3 cm³/mol. The quantitative estimate of drug-likeness (QED) is 0.877. The van der Waals surface area contributed by atoms with E-state index in [0.717, 1.165) is 12.2 Å². The molecule has 0 saturated carbocycles. The minimum Gasteiger partial charge on any atom is -0.497 e. The summed E-state index contributed by atoms with van der Waals surface area (Å²) in [7, 11) is 1.61. The first-order valence-electron chi connectivity index (χ1n) is 6.49. The van der Waals surface area contributed by atoms with Crippen molar-refractivity contribution in [3.63, 3.8) is 0 Å². The maximum absolute atomic E-state index is 12.3. The molecule has 1 aliphatic heterocycles. The Bertz CT molecular complexity index is 417. The first-order valence-corrected chi connectivity index (χ1v) is 6.49. The molecule has 1 atom stereocenters. The molecule has 2 N–H and O–H groups in total. The number of methoxy groups -OCH3 is 1. The van der Waals surface area contributed by atoms with Gasteiger partial charge in [0.25, 0.3) is 5.91 Å². The zero-order valence-corrected chi connectivity index (χ0v) is 11.2. The molecular weight excluding hydrogens is 244 g/mol. The second kappa shape index (κ2) is 6.54. The second-order valence-corrected chi connectivity index (χ2v) is 4.55. The van der Waals surface area contributed by atoms with Crippen molar-refractivity contribution in [1.82, 2.24) is 4.90 Å². The lowest BCUT2D eigenvalue weighted by Gasteiger charge is -2.33. The van der Waals surface area contributed by atoms with Crippen LogP contribution in [-0.2, 0) is 4.74 Å². The molecule has 0 aromatic heterocycles. The highest BCUT2D eigenvalue weighted by Crippen LogP contribution is 2.15. The topological polar surface area (TPSA) is 64.8 Å². The van der Waals surface area contributed by atoms with Crippen LogP contribution in [0.5, 0.6) is 5.75 Å². The first-order chi connectivity index (χ1) is 9.24. The molecular formula is C14H20N2O3. The van der Waals surface area contributed by atoms with Crippen molar-refractivity contribution in [3.8, 4) is 5.75 Å². The normalized spacial score (nSPS) is 19.3. The second-order valence-electron chi connectivity index (χ2n) is 4.55. The summed E-state index contributed by atoms with van der Waals surface area (Å²) in [5, 5.41) is 0. The summed E-state index contributed by atoms with van der Waals surface area (Å²) >= 11 is 0. The van der Waals surface area contributed by atoms with Gasteiger partial charge in [-0.1, -0.05) is 0 Å². The summed E-state index contributed by atoms with van der Waals surface area (Å²) in [6, 6.07) is 7.17. The summed E-state index contributed by atoms with van der Waals surface area (Å²) in [6.45, 7) is 2.40. The summed E-state index contributed by atoms with van der Waals surface area (Å²) in [5.74, 6) is 0.785. The highest BCUT2D eigenvalue weighted by Gasteiger charge is 2.24. The Labute approximate surface area is 113 Å². The number of rotatable bonds is 4. The van der Waals surface area contributed by atoms with Gasteiger partial charge in [-0.25, -0.2) is 0 Å². The van der Waals surface area contributed by atoms with Crippen LogP contribution in [0.3, 0.4) is 0 Å². The minimum absolute atomic E-state index is 0.0352. The van der Waals surface area contributed by atoms with E-state index in [2.05, 4.69) is 0 Å². The van der Waals surface area contributed by atoms with Gasteiger partial charge in [0, 0.05) is 18.7 Å². The van der Waals surface area contributed by atoms with Crippen LogP contribution in [0.2, 0.25) is 0 Å². The molecule has 1 aromatic rings. The number of nitrogens with two attached hydrogens (primary N) is 1. The Morgan fingerprint density at radius 3 is 2.84 bits per heavy atom. The molecule has 0 radical (unpaired) electrons. The molecule has 104 valence electrons. The summed E-state index contributed by atoms with van der Waals surface area (Å²) < 4.78 is 10.7. The fourth-order valence-corrected chi connectivity index (χ4v) is 2.18. The van der Waals surface area contributed by atoms with E-state index >= 15 is 0 Å². The van der Waals surface area contributed by atoms with Crippen LogP contribution in [0, 0.1) is 0 Å². The van der Waals surface area contributed by atoms with Crippen LogP contribution in [0.15, 0.2) is 24.3 Å². The number of nitrogens with zero attached hydrogens (tertiary/aromatic N) is 1. The molecule has 1 fully saturated rings. The van der Waals surface area contributed by atoms with E-state index in [-0.39, 0.29) is 12.0 Å². The molecule has 0 spiro atoms. The number of carbonyl (C=O) groups excluding carboxylic acids is 1. The van der Waals surface area contributed by atoms with Gasteiger partial charge in [0.15, 0.2) is 0 Å². The fraction of sp³-hybridized carbons (Fsp3) is 0.500. The van der Waals surface area contributed by atoms with Gasteiger partial charge in [-0.15, -0.1) is 0 Å². The SMILES string of the molecule is COc1ccc(C(=O)N2CCOC(CCN)C2)cc1. The molecule has 19 heavy (non-hydrogen) atoms. The Morgan fingerprint density at radius 2 is 2.21 bits per heavy atom. The van der Waals surface area contributed by atoms with E-state index in [1.165, 1.54) is 0 Å². The standard InChI is InChI=1S/C14H20N2O3/c1-18-12-4-2-11(3-5-12)14(17)16-8-9-19-13(10-16)6-7-15/h2-5,13H,6-10,15H2,1H3. The number of carbonyl (C=O) groups is 1. The van der Waals surface area contributed by atoms with Gasteiger partial charge >= 0.3 is 0 Å². The lowest BCUT2D eigenvalue weighted by Crippen LogP contribution is -2.46.